The van der Waals surface area contributed by atoms with Crippen molar-refractivity contribution < 1.29 is 24.2 Å². The van der Waals surface area contributed by atoms with Gasteiger partial charge in [0.15, 0.2) is 0 Å². The fourth-order valence-electron chi connectivity index (χ4n) is 3.96. The molecule has 3 N–H and O–H groups in total. The second kappa shape index (κ2) is 13.5. The average molecular weight is 455 g/mol. The van der Waals surface area contributed by atoms with Crippen molar-refractivity contribution in [1.29, 1.82) is 0 Å². The quantitative estimate of drug-likeness (QED) is 0.417. The summed E-state index contributed by atoms with van der Waals surface area (Å²) in [6.07, 6.45) is 5.43. The van der Waals surface area contributed by atoms with Gasteiger partial charge in [-0.3, -0.25) is 0 Å². The van der Waals surface area contributed by atoms with Gasteiger partial charge in [0.2, 0.25) is 0 Å². The Bertz CT molecular complexity index is 851. The lowest BCUT2D eigenvalue weighted by Gasteiger charge is -2.22. The normalized spacial score (nSPS) is 14.9. The van der Waals surface area contributed by atoms with Crippen LogP contribution in [0.25, 0.3) is 0 Å². The number of carboxylic acid groups (broad SMARTS) is 1. The SMILES string of the molecule is O=C(NC(Cc1ccc(OCCCCC2CCNCC2)cc1)C(=O)O)OCc1ccccc1. The fraction of sp³-hybridized carbons (Fsp3) is 0.462. The lowest BCUT2D eigenvalue weighted by molar-refractivity contribution is -0.139. The molecule has 1 heterocycles. The van der Waals surface area contributed by atoms with Gasteiger partial charge in [-0.1, -0.05) is 48.9 Å². The number of benzene rings is 2. The Kier molecular flexibility index (Phi) is 10.0. The highest BCUT2D eigenvalue weighted by molar-refractivity contribution is 5.80. The number of ether oxygens (including phenoxy) is 2. The molecule has 178 valence electrons. The minimum Gasteiger partial charge on any atom is -0.494 e. The topological polar surface area (TPSA) is 96.9 Å². The third-order valence-corrected chi connectivity index (χ3v) is 5.90. The second-order valence-electron chi connectivity index (χ2n) is 8.48. The molecule has 3 rings (SSSR count). The van der Waals surface area contributed by atoms with Gasteiger partial charge in [0, 0.05) is 6.42 Å². The van der Waals surface area contributed by atoms with Crippen molar-refractivity contribution in [2.75, 3.05) is 19.7 Å². The number of rotatable bonds is 12. The van der Waals surface area contributed by atoms with Crippen molar-refractivity contribution in [3.63, 3.8) is 0 Å². The number of aliphatic carboxylic acids is 1. The van der Waals surface area contributed by atoms with E-state index >= 15 is 0 Å². The predicted octanol–water partition coefficient (Wildman–Crippen LogP) is 4.16. The molecule has 0 bridgehead atoms. The number of nitrogens with one attached hydrogen (secondary N) is 2. The van der Waals surface area contributed by atoms with Gasteiger partial charge in [-0.05, 0) is 68.0 Å². The maximum atomic E-state index is 12.0. The highest BCUT2D eigenvalue weighted by Gasteiger charge is 2.21. The molecule has 1 fully saturated rings. The standard InChI is InChI=1S/C26H34N2O5/c29-25(30)24(28-26(31)33-19-22-7-2-1-3-8-22)18-21-9-11-23(12-10-21)32-17-5-4-6-20-13-15-27-16-14-20/h1-3,7-12,20,24,27H,4-6,13-19H2,(H,28,31)(H,29,30). The van der Waals surface area contributed by atoms with Gasteiger partial charge in [0.05, 0.1) is 6.61 Å². The zero-order chi connectivity index (χ0) is 23.3. The van der Waals surface area contributed by atoms with Crippen molar-refractivity contribution in [2.45, 2.75) is 51.2 Å². The third kappa shape index (κ3) is 9.14. The molecule has 2 aromatic rings. The average Bonchev–Trinajstić information content (AvgIpc) is 2.84. The number of alkyl carbamates (subject to hydrolysis) is 1. The molecule has 0 radical (unpaired) electrons. The molecular weight excluding hydrogens is 420 g/mol. The van der Waals surface area contributed by atoms with Gasteiger partial charge in [0.1, 0.15) is 18.4 Å². The summed E-state index contributed by atoms with van der Waals surface area (Å²) >= 11 is 0. The number of unbranched alkanes of at least 4 members (excludes halogenated alkanes) is 1. The molecule has 2 aromatic carbocycles. The summed E-state index contributed by atoms with van der Waals surface area (Å²) in [4.78, 5) is 23.6. The van der Waals surface area contributed by atoms with Crippen LogP contribution in [0.3, 0.4) is 0 Å². The minimum absolute atomic E-state index is 0.0862. The monoisotopic (exact) mass is 454 g/mol. The van der Waals surface area contributed by atoms with E-state index in [9.17, 15) is 14.7 Å². The summed E-state index contributed by atoms with van der Waals surface area (Å²) in [6, 6.07) is 15.5. The Labute approximate surface area is 195 Å². The molecule has 33 heavy (non-hydrogen) atoms. The van der Waals surface area contributed by atoms with E-state index in [-0.39, 0.29) is 13.0 Å². The van der Waals surface area contributed by atoms with E-state index in [2.05, 4.69) is 10.6 Å². The van der Waals surface area contributed by atoms with Crippen molar-refractivity contribution >= 4 is 12.1 Å². The molecule has 1 aliphatic heterocycles. The molecule has 7 nitrogen and oxygen atoms in total. The van der Waals surface area contributed by atoms with Crippen LogP contribution in [0.5, 0.6) is 5.75 Å². The van der Waals surface area contributed by atoms with Crippen LogP contribution in [-0.2, 0) is 22.6 Å². The van der Waals surface area contributed by atoms with Gasteiger partial charge < -0.3 is 25.2 Å². The molecule has 0 saturated carbocycles. The first-order valence-corrected chi connectivity index (χ1v) is 11.7. The zero-order valence-electron chi connectivity index (χ0n) is 19.0. The number of carboxylic acids is 1. The Morgan fingerprint density at radius 2 is 1.73 bits per heavy atom. The van der Waals surface area contributed by atoms with E-state index in [1.165, 1.54) is 25.7 Å². The first-order valence-electron chi connectivity index (χ1n) is 11.7. The lowest BCUT2D eigenvalue weighted by atomic mass is 9.93. The smallest absolute Gasteiger partial charge is 0.408 e. The zero-order valence-corrected chi connectivity index (χ0v) is 19.0. The first-order chi connectivity index (χ1) is 16.1. The van der Waals surface area contributed by atoms with Crippen LogP contribution >= 0.6 is 0 Å². The minimum atomic E-state index is -1.11. The van der Waals surface area contributed by atoms with Crippen molar-refractivity contribution in [2.24, 2.45) is 5.92 Å². The summed E-state index contributed by atoms with van der Waals surface area (Å²) in [7, 11) is 0. The van der Waals surface area contributed by atoms with E-state index in [0.717, 1.165) is 42.3 Å². The Morgan fingerprint density at radius 3 is 2.42 bits per heavy atom. The summed E-state index contributed by atoms with van der Waals surface area (Å²) in [5.41, 5.74) is 1.63. The number of carbonyl (C=O) groups excluding carboxylic acids is 1. The summed E-state index contributed by atoms with van der Waals surface area (Å²) < 4.78 is 11.0. The van der Waals surface area contributed by atoms with Crippen LogP contribution in [0.15, 0.2) is 54.6 Å². The molecular formula is C26H34N2O5. The van der Waals surface area contributed by atoms with E-state index < -0.39 is 18.1 Å². The van der Waals surface area contributed by atoms with Gasteiger partial charge in [-0.25, -0.2) is 9.59 Å². The number of carbonyl (C=O) groups is 2. The number of piperidine rings is 1. The first kappa shape index (κ1) is 24.6. The summed E-state index contributed by atoms with van der Waals surface area (Å²) in [5.74, 6) is 0.500. The molecule has 0 spiro atoms. The Balaban J connectivity index is 1.37. The maximum Gasteiger partial charge on any atom is 0.408 e. The van der Waals surface area contributed by atoms with E-state index in [4.69, 9.17) is 9.47 Å². The summed E-state index contributed by atoms with van der Waals surface area (Å²) in [5, 5.41) is 15.3. The molecule has 0 aromatic heterocycles. The van der Waals surface area contributed by atoms with Crippen LogP contribution in [0.4, 0.5) is 4.79 Å². The lowest BCUT2D eigenvalue weighted by Crippen LogP contribution is -2.42. The van der Waals surface area contributed by atoms with Crippen LogP contribution in [0.1, 0.15) is 43.2 Å². The van der Waals surface area contributed by atoms with Crippen molar-refractivity contribution in [3.8, 4) is 5.75 Å². The molecule has 1 amide bonds. The number of hydrogen-bond acceptors (Lipinski definition) is 5. The van der Waals surface area contributed by atoms with E-state index in [1.807, 2.05) is 54.6 Å². The van der Waals surface area contributed by atoms with Crippen LogP contribution in [0.2, 0.25) is 0 Å². The fourth-order valence-corrected chi connectivity index (χ4v) is 3.96. The Morgan fingerprint density at radius 1 is 1.00 bits per heavy atom. The van der Waals surface area contributed by atoms with Gasteiger partial charge >= 0.3 is 12.1 Å². The highest BCUT2D eigenvalue weighted by Crippen LogP contribution is 2.19. The van der Waals surface area contributed by atoms with Crippen LogP contribution < -0.4 is 15.4 Å². The van der Waals surface area contributed by atoms with Crippen molar-refractivity contribution in [3.05, 3.63) is 65.7 Å². The highest BCUT2D eigenvalue weighted by atomic mass is 16.5. The van der Waals surface area contributed by atoms with Gasteiger partial charge in [-0.2, -0.15) is 0 Å². The number of hydrogen-bond donors (Lipinski definition) is 3. The third-order valence-electron chi connectivity index (χ3n) is 5.90. The van der Waals surface area contributed by atoms with Crippen molar-refractivity contribution in [1.82, 2.24) is 10.6 Å². The van der Waals surface area contributed by atoms with E-state index in [1.54, 1.807) is 0 Å². The number of amides is 1. The molecule has 1 aliphatic rings. The molecule has 1 saturated heterocycles. The predicted molar refractivity (Wildman–Crippen MR) is 126 cm³/mol. The summed E-state index contributed by atoms with van der Waals surface area (Å²) in [6.45, 7) is 3.04. The Hall–Kier alpha value is -3.06. The molecule has 1 unspecified atom stereocenters. The largest absolute Gasteiger partial charge is 0.494 e. The molecule has 7 heteroatoms. The van der Waals surface area contributed by atoms with E-state index in [0.29, 0.717) is 6.61 Å². The van der Waals surface area contributed by atoms with Gasteiger partial charge in [0.25, 0.3) is 0 Å². The molecule has 0 aliphatic carbocycles. The van der Waals surface area contributed by atoms with Gasteiger partial charge in [-0.15, -0.1) is 0 Å². The van der Waals surface area contributed by atoms with Crippen LogP contribution in [-0.4, -0.2) is 42.9 Å². The second-order valence-corrected chi connectivity index (χ2v) is 8.48. The maximum absolute atomic E-state index is 12.0. The van der Waals surface area contributed by atoms with Crippen LogP contribution in [0, 0.1) is 5.92 Å². The molecule has 1 atom stereocenters.